The highest BCUT2D eigenvalue weighted by molar-refractivity contribution is 6.37. The third-order valence-electron chi connectivity index (χ3n) is 4.51. The number of aromatic nitrogens is 1. The Balaban J connectivity index is 1.78. The van der Waals surface area contributed by atoms with Crippen LogP contribution in [-0.4, -0.2) is 25.4 Å². The summed E-state index contributed by atoms with van der Waals surface area (Å²) < 4.78 is 37.7. The van der Waals surface area contributed by atoms with Crippen LogP contribution in [-0.2, 0) is 0 Å². The van der Waals surface area contributed by atoms with Crippen LogP contribution in [0.25, 0.3) is 22.0 Å². The number of aldehydes is 1. The second kappa shape index (κ2) is 8.26. The van der Waals surface area contributed by atoms with Gasteiger partial charge in [0, 0.05) is 34.5 Å². The normalized spacial score (nSPS) is 12.7. The summed E-state index contributed by atoms with van der Waals surface area (Å²) in [7, 11) is -1.14. The molecule has 30 heavy (non-hydrogen) atoms. The smallest absolute Gasteiger partial charge is 0.185 e. The molecular weight excluding hydrogens is 427 g/mol. The van der Waals surface area contributed by atoms with Crippen molar-refractivity contribution in [1.82, 2.24) is 4.98 Å². The molecule has 6 nitrogen and oxygen atoms in total. The lowest BCUT2D eigenvalue weighted by Crippen LogP contribution is -1.96. The summed E-state index contributed by atoms with van der Waals surface area (Å²) in [5, 5.41) is 4.23. The van der Waals surface area contributed by atoms with Gasteiger partial charge in [-0.25, -0.2) is 0 Å². The van der Waals surface area contributed by atoms with Gasteiger partial charge in [-0.15, -0.1) is 0 Å². The molecule has 0 amide bonds. The van der Waals surface area contributed by atoms with E-state index in [1.165, 1.54) is 25.5 Å². The lowest BCUT2D eigenvalue weighted by Gasteiger charge is -2.15. The fourth-order valence-electron chi connectivity index (χ4n) is 3.08. The Kier molecular flexibility index (Phi) is 4.56. The lowest BCUT2D eigenvalue weighted by atomic mass is 10.0. The number of benzene rings is 2. The summed E-state index contributed by atoms with van der Waals surface area (Å²) in [5.41, 5.74) is 3.03. The Bertz CT molecular complexity index is 1360. The van der Waals surface area contributed by atoms with Gasteiger partial charge in [-0.2, -0.15) is 0 Å². The fourth-order valence-corrected chi connectivity index (χ4v) is 3.55. The van der Waals surface area contributed by atoms with Gasteiger partial charge in [0.25, 0.3) is 0 Å². The first kappa shape index (κ1) is 16.6. The molecule has 4 aromatic rings. The average Bonchev–Trinajstić information content (AvgIpc) is 3.24. The molecule has 0 unspecified atom stereocenters. The molecule has 0 radical (unpaired) electrons. The van der Waals surface area contributed by atoms with Gasteiger partial charge in [0.05, 0.1) is 45.8 Å². The highest BCUT2D eigenvalue weighted by atomic mass is 35.5. The molecule has 0 saturated carbocycles. The molecule has 0 saturated heterocycles. The van der Waals surface area contributed by atoms with E-state index in [1.807, 2.05) is 6.07 Å². The number of ether oxygens (including phenoxy) is 2. The molecule has 0 bridgehead atoms. The number of nitrogens with one attached hydrogen (secondary N) is 1. The highest BCUT2D eigenvalue weighted by Crippen LogP contribution is 2.39. The van der Waals surface area contributed by atoms with E-state index in [2.05, 4.69) is 10.3 Å². The van der Waals surface area contributed by atoms with Crippen LogP contribution in [0.3, 0.4) is 0 Å². The number of carbonyl (C=O) groups excluding carboxylic acids is 1. The quantitative estimate of drug-likeness (QED) is 0.347. The number of hydrogen-bond donors (Lipinski definition) is 1. The summed E-state index contributed by atoms with van der Waals surface area (Å²) in [6.45, 7) is 0. The Morgan fingerprint density at radius 1 is 1.10 bits per heavy atom. The van der Waals surface area contributed by atoms with Gasteiger partial charge in [-0.3, -0.25) is 9.78 Å². The second-order valence-electron chi connectivity index (χ2n) is 6.27. The van der Waals surface area contributed by atoms with E-state index in [9.17, 15) is 4.79 Å². The number of nitrogens with zero attached hydrogens (tertiary/aromatic N) is 1. The number of rotatable bonds is 6. The van der Waals surface area contributed by atoms with Crippen molar-refractivity contribution >= 4 is 51.8 Å². The SMILES string of the molecule is [2H]C([2H])([2H])Oc1cc(Nc2ccnc3cc(-c4coc(C=O)c4)c(OC)cc23)c(Cl)cc1Cl. The topological polar surface area (TPSA) is 73.6 Å². The van der Waals surface area contributed by atoms with Crippen LogP contribution in [0.5, 0.6) is 11.5 Å². The van der Waals surface area contributed by atoms with Crippen molar-refractivity contribution in [3.05, 3.63) is 64.7 Å². The van der Waals surface area contributed by atoms with E-state index < -0.39 is 7.04 Å². The second-order valence-corrected chi connectivity index (χ2v) is 7.09. The minimum absolute atomic E-state index is 0.0345. The summed E-state index contributed by atoms with van der Waals surface area (Å²) >= 11 is 12.4. The minimum Gasteiger partial charge on any atom is -0.496 e. The largest absolute Gasteiger partial charge is 0.496 e. The molecule has 152 valence electrons. The molecule has 0 atom stereocenters. The lowest BCUT2D eigenvalue weighted by molar-refractivity contribution is 0.110. The Labute approximate surface area is 186 Å². The van der Waals surface area contributed by atoms with Crippen LogP contribution in [0.4, 0.5) is 11.4 Å². The van der Waals surface area contributed by atoms with Crippen LogP contribution in [0.15, 0.2) is 53.3 Å². The Morgan fingerprint density at radius 2 is 1.97 bits per heavy atom. The van der Waals surface area contributed by atoms with Gasteiger partial charge in [0.15, 0.2) is 12.0 Å². The maximum Gasteiger partial charge on any atom is 0.185 e. The first-order valence-electron chi connectivity index (χ1n) is 10.1. The van der Waals surface area contributed by atoms with Crippen molar-refractivity contribution in [3.8, 4) is 22.6 Å². The summed E-state index contributed by atoms with van der Waals surface area (Å²) in [6.07, 6.45) is 3.70. The number of fused-ring (bicyclic) bond motifs is 1. The van der Waals surface area contributed by atoms with Gasteiger partial charge in [0.1, 0.15) is 11.5 Å². The van der Waals surface area contributed by atoms with Crippen LogP contribution in [0, 0.1) is 0 Å². The number of anilines is 2. The highest BCUT2D eigenvalue weighted by Gasteiger charge is 2.15. The first-order valence-corrected chi connectivity index (χ1v) is 9.40. The Morgan fingerprint density at radius 3 is 2.70 bits per heavy atom. The first-order chi connectivity index (χ1) is 15.7. The third-order valence-corrected chi connectivity index (χ3v) is 5.12. The van der Waals surface area contributed by atoms with Crippen molar-refractivity contribution < 1.29 is 22.8 Å². The van der Waals surface area contributed by atoms with E-state index >= 15 is 0 Å². The van der Waals surface area contributed by atoms with Crippen LogP contribution in [0.2, 0.25) is 10.0 Å². The van der Waals surface area contributed by atoms with Crippen LogP contribution in [0.1, 0.15) is 14.7 Å². The van der Waals surface area contributed by atoms with Crippen molar-refractivity contribution in [2.45, 2.75) is 0 Å². The number of carbonyl (C=O) groups is 1. The predicted octanol–water partition coefficient (Wildman–Crippen LogP) is 6.37. The standard InChI is InChI=1S/C22H16Cl2N2O4/c1-28-21-7-15-18(26-20-9-22(29-2)17(24)8-16(20)23)3-4-25-19(15)6-14(21)12-5-13(10-27)30-11-12/h3-11H,1-2H3,(H,25,26)/i2D3. The van der Waals surface area contributed by atoms with E-state index in [0.29, 0.717) is 45.4 Å². The number of methoxy groups -OCH3 is 2. The summed E-state index contributed by atoms with van der Waals surface area (Å²) in [4.78, 5) is 15.4. The average molecular weight is 446 g/mol. The molecule has 0 spiro atoms. The van der Waals surface area contributed by atoms with Crippen LogP contribution < -0.4 is 14.8 Å². The summed E-state index contributed by atoms with van der Waals surface area (Å²) in [5.74, 6) is 0.696. The Hall–Kier alpha value is -3.22. The third kappa shape index (κ3) is 3.67. The monoisotopic (exact) mass is 445 g/mol. The maximum absolute atomic E-state index is 11.0. The molecule has 1 N–H and O–H groups in total. The molecule has 4 rings (SSSR count). The summed E-state index contributed by atoms with van der Waals surface area (Å²) in [6, 6.07) is 9.76. The molecule has 0 aliphatic carbocycles. The molecule has 0 aliphatic heterocycles. The number of pyridine rings is 1. The number of hydrogen-bond acceptors (Lipinski definition) is 6. The van der Waals surface area contributed by atoms with Gasteiger partial charge in [-0.05, 0) is 30.3 Å². The zero-order chi connectivity index (χ0) is 23.8. The minimum atomic E-state index is -2.67. The van der Waals surface area contributed by atoms with Gasteiger partial charge >= 0.3 is 0 Å². The van der Waals surface area contributed by atoms with Gasteiger partial charge in [0.2, 0.25) is 0 Å². The fraction of sp³-hybridized carbons (Fsp3) is 0.0909. The van der Waals surface area contributed by atoms with E-state index in [4.69, 9.17) is 41.2 Å². The molecule has 8 heteroatoms. The molecular formula is C22H16Cl2N2O4. The van der Waals surface area contributed by atoms with Gasteiger partial charge in [-0.1, -0.05) is 23.2 Å². The van der Waals surface area contributed by atoms with E-state index in [-0.39, 0.29) is 21.6 Å². The maximum atomic E-state index is 11.0. The van der Waals surface area contributed by atoms with Crippen molar-refractivity contribution in [1.29, 1.82) is 0 Å². The van der Waals surface area contributed by atoms with Crippen molar-refractivity contribution in [3.63, 3.8) is 0 Å². The van der Waals surface area contributed by atoms with Gasteiger partial charge < -0.3 is 19.2 Å². The number of furan rings is 1. The molecule has 0 aliphatic rings. The predicted molar refractivity (Wildman–Crippen MR) is 118 cm³/mol. The molecule has 2 heterocycles. The van der Waals surface area contributed by atoms with Crippen molar-refractivity contribution in [2.75, 3.05) is 19.5 Å². The number of halogens is 2. The van der Waals surface area contributed by atoms with Crippen molar-refractivity contribution in [2.24, 2.45) is 0 Å². The molecule has 0 fully saturated rings. The molecule has 2 aromatic heterocycles. The van der Waals surface area contributed by atoms with Crippen LogP contribution >= 0.6 is 23.2 Å². The van der Waals surface area contributed by atoms with E-state index in [0.717, 1.165) is 0 Å². The van der Waals surface area contributed by atoms with E-state index in [1.54, 1.807) is 24.4 Å². The molecule has 2 aromatic carbocycles. The zero-order valence-corrected chi connectivity index (χ0v) is 17.0. The zero-order valence-electron chi connectivity index (χ0n) is 18.5.